The molecule has 78 valence electrons. The lowest BCUT2D eigenvalue weighted by Gasteiger charge is -1.98. The number of fused-ring (bicyclic) bond motifs is 1. The molecule has 0 atom stereocenters. The molecule has 16 heavy (non-hydrogen) atoms. The molecule has 0 amide bonds. The van der Waals surface area contributed by atoms with Crippen LogP contribution in [0.3, 0.4) is 0 Å². The SMILES string of the molecule is Nc1cccc2[nH]nc(-c3ccccn3)c12. The van der Waals surface area contributed by atoms with Crippen molar-refractivity contribution in [2.45, 2.75) is 0 Å². The number of aromatic amines is 1. The summed E-state index contributed by atoms with van der Waals surface area (Å²) in [5, 5.41) is 8.15. The van der Waals surface area contributed by atoms with Crippen LogP contribution < -0.4 is 5.73 Å². The molecular formula is C12H10N4. The average molecular weight is 210 g/mol. The quantitative estimate of drug-likeness (QED) is 0.605. The molecule has 0 aliphatic carbocycles. The minimum atomic E-state index is 0.715. The van der Waals surface area contributed by atoms with Gasteiger partial charge in [0.25, 0.3) is 0 Å². The molecule has 2 aromatic heterocycles. The third-order valence-electron chi connectivity index (χ3n) is 2.53. The van der Waals surface area contributed by atoms with Gasteiger partial charge >= 0.3 is 0 Å². The van der Waals surface area contributed by atoms with Crippen molar-refractivity contribution < 1.29 is 0 Å². The van der Waals surface area contributed by atoms with Crippen LogP contribution in [-0.4, -0.2) is 15.2 Å². The zero-order valence-electron chi connectivity index (χ0n) is 8.51. The fraction of sp³-hybridized carbons (Fsp3) is 0. The first-order valence-electron chi connectivity index (χ1n) is 5.00. The highest BCUT2D eigenvalue weighted by Gasteiger charge is 2.10. The monoisotopic (exact) mass is 210 g/mol. The molecule has 0 bridgehead atoms. The third kappa shape index (κ3) is 1.24. The van der Waals surface area contributed by atoms with Crippen molar-refractivity contribution in [2.24, 2.45) is 0 Å². The number of nitrogen functional groups attached to an aromatic ring is 1. The molecule has 2 heterocycles. The lowest BCUT2D eigenvalue weighted by Crippen LogP contribution is -1.87. The van der Waals surface area contributed by atoms with E-state index < -0.39 is 0 Å². The van der Waals surface area contributed by atoms with Crippen molar-refractivity contribution in [1.82, 2.24) is 15.2 Å². The molecule has 0 aliphatic heterocycles. The Morgan fingerprint density at radius 1 is 1.06 bits per heavy atom. The van der Waals surface area contributed by atoms with Crippen LogP contribution in [0.15, 0.2) is 42.6 Å². The summed E-state index contributed by atoms with van der Waals surface area (Å²) in [5.41, 5.74) is 9.22. The average Bonchev–Trinajstić information content (AvgIpc) is 2.75. The van der Waals surface area contributed by atoms with Gasteiger partial charge in [-0.3, -0.25) is 10.1 Å². The van der Waals surface area contributed by atoms with Crippen LogP contribution in [0.4, 0.5) is 5.69 Å². The van der Waals surface area contributed by atoms with Gasteiger partial charge in [-0.05, 0) is 24.3 Å². The lowest BCUT2D eigenvalue weighted by molar-refractivity contribution is 1.11. The van der Waals surface area contributed by atoms with E-state index in [-0.39, 0.29) is 0 Å². The Morgan fingerprint density at radius 2 is 2.00 bits per heavy atom. The van der Waals surface area contributed by atoms with Crippen LogP contribution in [0.1, 0.15) is 0 Å². The van der Waals surface area contributed by atoms with Gasteiger partial charge in [0.1, 0.15) is 5.69 Å². The lowest BCUT2D eigenvalue weighted by atomic mass is 10.1. The van der Waals surface area contributed by atoms with Crippen LogP contribution in [0.5, 0.6) is 0 Å². The van der Waals surface area contributed by atoms with Gasteiger partial charge in [0.2, 0.25) is 0 Å². The molecule has 0 unspecified atom stereocenters. The molecule has 0 saturated heterocycles. The number of H-pyrrole nitrogens is 1. The molecule has 3 rings (SSSR count). The normalized spacial score (nSPS) is 10.8. The summed E-state index contributed by atoms with van der Waals surface area (Å²) < 4.78 is 0. The predicted molar refractivity (Wildman–Crippen MR) is 63.7 cm³/mol. The second kappa shape index (κ2) is 3.34. The second-order valence-electron chi connectivity index (χ2n) is 3.56. The maximum atomic E-state index is 5.95. The van der Waals surface area contributed by atoms with Crippen molar-refractivity contribution in [3.8, 4) is 11.4 Å². The molecule has 0 radical (unpaired) electrons. The molecule has 0 saturated carbocycles. The van der Waals surface area contributed by atoms with Crippen LogP contribution in [0.2, 0.25) is 0 Å². The number of aromatic nitrogens is 3. The summed E-state index contributed by atoms with van der Waals surface area (Å²) in [6, 6.07) is 11.4. The third-order valence-corrected chi connectivity index (χ3v) is 2.53. The highest BCUT2D eigenvalue weighted by Crippen LogP contribution is 2.28. The van der Waals surface area contributed by atoms with Gasteiger partial charge in [-0.15, -0.1) is 0 Å². The van der Waals surface area contributed by atoms with Gasteiger partial charge in [-0.25, -0.2) is 0 Å². The van der Waals surface area contributed by atoms with E-state index in [9.17, 15) is 0 Å². The molecule has 1 aromatic carbocycles. The summed E-state index contributed by atoms with van der Waals surface area (Å²) in [5.74, 6) is 0. The van der Waals surface area contributed by atoms with Crippen LogP contribution >= 0.6 is 0 Å². The molecule has 3 aromatic rings. The number of nitrogens with two attached hydrogens (primary N) is 1. The summed E-state index contributed by atoms with van der Waals surface area (Å²) in [4.78, 5) is 4.27. The van der Waals surface area contributed by atoms with E-state index in [1.807, 2.05) is 36.4 Å². The van der Waals surface area contributed by atoms with Gasteiger partial charge in [-0.2, -0.15) is 5.10 Å². The first-order chi connectivity index (χ1) is 7.86. The highest BCUT2D eigenvalue weighted by molar-refractivity contribution is 6.00. The number of nitrogens with one attached hydrogen (secondary N) is 1. The van der Waals surface area contributed by atoms with Crippen LogP contribution in [0.25, 0.3) is 22.3 Å². The topological polar surface area (TPSA) is 67.6 Å². The van der Waals surface area contributed by atoms with Crippen molar-refractivity contribution in [1.29, 1.82) is 0 Å². The molecule has 0 aliphatic rings. The number of benzene rings is 1. The highest BCUT2D eigenvalue weighted by atomic mass is 15.1. The number of nitrogens with zero attached hydrogens (tertiary/aromatic N) is 2. The fourth-order valence-corrected chi connectivity index (χ4v) is 1.79. The summed E-state index contributed by atoms with van der Waals surface area (Å²) in [7, 11) is 0. The number of rotatable bonds is 1. The Balaban J connectivity index is 2.33. The van der Waals surface area contributed by atoms with Crippen LogP contribution in [-0.2, 0) is 0 Å². The summed E-state index contributed by atoms with van der Waals surface area (Å²) >= 11 is 0. The van der Waals surface area contributed by atoms with Crippen molar-refractivity contribution in [3.63, 3.8) is 0 Å². The Hall–Kier alpha value is -2.36. The second-order valence-corrected chi connectivity index (χ2v) is 3.56. The van der Waals surface area contributed by atoms with Crippen LogP contribution in [0, 0.1) is 0 Å². The predicted octanol–water partition coefficient (Wildman–Crippen LogP) is 2.21. The molecule has 4 heteroatoms. The number of hydrogen-bond donors (Lipinski definition) is 2. The maximum absolute atomic E-state index is 5.95. The smallest absolute Gasteiger partial charge is 0.120 e. The first-order valence-corrected chi connectivity index (χ1v) is 5.00. The Bertz CT molecular complexity index is 628. The van der Waals surface area contributed by atoms with Gasteiger partial charge in [-0.1, -0.05) is 12.1 Å². The van der Waals surface area contributed by atoms with Gasteiger partial charge in [0, 0.05) is 11.9 Å². The maximum Gasteiger partial charge on any atom is 0.120 e. The van der Waals surface area contributed by atoms with Crippen molar-refractivity contribution >= 4 is 16.6 Å². The minimum Gasteiger partial charge on any atom is -0.398 e. The molecule has 3 N–H and O–H groups in total. The van der Waals surface area contributed by atoms with E-state index in [0.29, 0.717) is 5.69 Å². The molecule has 0 fully saturated rings. The fourth-order valence-electron chi connectivity index (χ4n) is 1.79. The van der Waals surface area contributed by atoms with Gasteiger partial charge < -0.3 is 5.73 Å². The van der Waals surface area contributed by atoms with E-state index in [0.717, 1.165) is 22.3 Å². The van der Waals surface area contributed by atoms with E-state index in [4.69, 9.17) is 5.73 Å². The van der Waals surface area contributed by atoms with E-state index in [1.165, 1.54) is 0 Å². The molecule has 4 nitrogen and oxygen atoms in total. The Labute approximate surface area is 92.1 Å². The Morgan fingerprint density at radius 3 is 2.81 bits per heavy atom. The summed E-state index contributed by atoms with van der Waals surface area (Å²) in [6.45, 7) is 0. The van der Waals surface area contributed by atoms with E-state index in [1.54, 1.807) is 6.20 Å². The standard InChI is InChI=1S/C12H10N4/c13-8-4-3-6-9-11(8)12(16-15-9)10-5-1-2-7-14-10/h1-7H,13H2,(H,15,16). The van der Waals surface area contributed by atoms with E-state index >= 15 is 0 Å². The number of anilines is 1. The van der Waals surface area contributed by atoms with Gasteiger partial charge in [0.15, 0.2) is 0 Å². The van der Waals surface area contributed by atoms with Gasteiger partial charge in [0.05, 0.1) is 16.6 Å². The van der Waals surface area contributed by atoms with Crippen molar-refractivity contribution in [2.75, 3.05) is 5.73 Å². The Kier molecular flexibility index (Phi) is 1.86. The largest absolute Gasteiger partial charge is 0.398 e. The number of hydrogen-bond acceptors (Lipinski definition) is 3. The van der Waals surface area contributed by atoms with Crippen molar-refractivity contribution in [3.05, 3.63) is 42.6 Å². The summed E-state index contributed by atoms with van der Waals surface area (Å²) in [6.07, 6.45) is 1.75. The first kappa shape index (κ1) is 8.91. The van der Waals surface area contributed by atoms with E-state index in [2.05, 4.69) is 15.2 Å². The zero-order valence-corrected chi connectivity index (χ0v) is 8.51. The zero-order chi connectivity index (χ0) is 11.0. The molecule has 0 spiro atoms. The molecular weight excluding hydrogens is 200 g/mol. The minimum absolute atomic E-state index is 0.715. The number of pyridine rings is 1.